The number of anilines is 1. The summed E-state index contributed by atoms with van der Waals surface area (Å²) in [5.74, 6) is -4.99. The fourth-order valence-corrected chi connectivity index (χ4v) is 15.4. The van der Waals surface area contributed by atoms with Gasteiger partial charge in [-0.2, -0.15) is 0 Å². The van der Waals surface area contributed by atoms with Gasteiger partial charge in [-0.1, -0.05) is 80.0 Å². The molecule has 0 spiro atoms. The first kappa shape index (κ1) is 85.7. The summed E-state index contributed by atoms with van der Waals surface area (Å²) >= 11 is 8.58. The predicted octanol–water partition coefficient (Wildman–Crippen LogP) is 5.46. The van der Waals surface area contributed by atoms with Gasteiger partial charge in [0.1, 0.15) is 90.5 Å². The topological polar surface area (TPSA) is 428 Å². The fraction of sp³-hybridized carbons (Fsp3) is 0.390. The summed E-state index contributed by atoms with van der Waals surface area (Å²) in [5, 5.41) is 66.7. The van der Waals surface area contributed by atoms with Crippen LogP contribution < -0.4 is 51.1 Å². The highest BCUT2D eigenvalue weighted by molar-refractivity contribution is 7.22. The number of benzene rings is 5. The van der Waals surface area contributed by atoms with Crippen molar-refractivity contribution in [3.05, 3.63) is 173 Å². The van der Waals surface area contributed by atoms with Crippen LogP contribution >= 0.6 is 22.9 Å². The molecule has 8 aromatic rings. The van der Waals surface area contributed by atoms with E-state index in [1.165, 1.54) is 29.8 Å². The largest absolute Gasteiger partial charge is 0.547 e. The number of nitrogens with zero attached hydrogens (tertiary/aromatic N) is 7. The van der Waals surface area contributed by atoms with Crippen molar-refractivity contribution < 1.29 is 101 Å². The van der Waals surface area contributed by atoms with E-state index in [2.05, 4.69) is 48.2 Å². The maximum Gasteiger partial charge on any atom is 0.345 e. The number of fused-ring (bicyclic) bond motifs is 1. The minimum Gasteiger partial charge on any atom is -0.547 e. The average Bonchev–Trinajstić information content (AvgIpc) is 1.58. The van der Waals surface area contributed by atoms with Crippen molar-refractivity contribution in [1.29, 1.82) is 0 Å². The van der Waals surface area contributed by atoms with Gasteiger partial charge in [0.25, 0.3) is 11.8 Å². The van der Waals surface area contributed by atoms with Gasteiger partial charge in [-0.25, -0.2) is 33.9 Å². The van der Waals surface area contributed by atoms with Crippen molar-refractivity contribution in [2.45, 2.75) is 121 Å². The number of aryl methyl sites for hydroxylation is 1. The first-order valence-corrected chi connectivity index (χ1v) is 39.0. The second-order valence-corrected chi connectivity index (χ2v) is 30.3. The number of likely N-dealkylation sites (N-methyl/N-ethyl adjacent to an activating group) is 1. The number of carbonyl (C=O) groups excluding carboxylic acids is 7. The smallest absolute Gasteiger partial charge is 0.345 e. The number of urea groups is 1. The van der Waals surface area contributed by atoms with Crippen LogP contribution in [0.5, 0.6) is 23.1 Å². The first-order valence-electron chi connectivity index (χ1n) is 37.8. The number of imide groups is 1. The lowest BCUT2D eigenvalue weighted by Gasteiger charge is -2.42. The number of quaternary nitrogens is 1. The molecule has 2 fully saturated rings. The Morgan fingerprint density at radius 2 is 1.54 bits per heavy atom. The summed E-state index contributed by atoms with van der Waals surface area (Å²) < 4.78 is 51.0. The van der Waals surface area contributed by atoms with Gasteiger partial charge >= 0.3 is 12.0 Å². The molecule has 6 heterocycles. The lowest BCUT2D eigenvalue weighted by Crippen LogP contribution is -2.62. The number of thiophene rings is 1. The van der Waals surface area contributed by atoms with E-state index in [0.29, 0.717) is 132 Å². The number of carboxylic acids is 2. The van der Waals surface area contributed by atoms with Gasteiger partial charge in [-0.3, -0.25) is 33.8 Å². The average molecular weight is 1640 g/mol. The van der Waals surface area contributed by atoms with E-state index in [-0.39, 0.29) is 89.6 Å². The first-order chi connectivity index (χ1) is 55.6. The lowest BCUT2D eigenvalue weighted by molar-refractivity contribution is -0.926. The number of carboxylic acid groups (broad SMARTS) is 2. The van der Waals surface area contributed by atoms with Gasteiger partial charge in [-0.15, -0.1) is 11.3 Å². The molecular weight excluding hydrogens is 1540 g/mol. The molecule has 3 aliphatic rings. The Morgan fingerprint density at radius 1 is 0.810 bits per heavy atom. The normalized spacial score (nSPS) is 18.1. The van der Waals surface area contributed by atoms with Gasteiger partial charge in [0.2, 0.25) is 29.7 Å². The Bertz CT molecular complexity index is 4900. The number of ether oxygens (including phenoxy) is 6. The van der Waals surface area contributed by atoms with Crippen LogP contribution in [0, 0.1) is 18.7 Å². The van der Waals surface area contributed by atoms with Crippen molar-refractivity contribution in [2.24, 2.45) is 11.7 Å². The minimum absolute atomic E-state index is 0.00140. The monoisotopic (exact) mass is 1630 g/mol. The van der Waals surface area contributed by atoms with Crippen LogP contribution in [0.25, 0.3) is 43.2 Å². The van der Waals surface area contributed by atoms with Crippen LogP contribution in [-0.4, -0.2) is 231 Å². The number of hydrogen-bond acceptors (Lipinski definition) is 24. The quantitative estimate of drug-likeness (QED) is 0.0132. The number of halogens is 2. The molecule has 2 saturated heterocycles. The van der Waals surface area contributed by atoms with Crippen molar-refractivity contribution in [3.63, 3.8) is 0 Å². The maximum absolute atomic E-state index is 14.6. The molecular formula is C82H92ClFN12O19S. The Labute approximate surface area is 676 Å². The number of carbonyl (C=O) groups is 8. The van der Waals surface area contributed by atoms with Gasteiger partial charge in [0, 0.05) is 79.1 Å². The van der Waals surface area contributed by atoms with Crippen molar-refractivity contribution in [3.8, 4) is 56.1 Å². The molecule has 8 atom stereocenters. The van der Waals surface area contributed by atoms with Crippen molar-refractivity contribution in [1.82, 2.24) is 45.7 Å². The molecule has 0 aliphatic carbocycles. The van der Waals surface area contributed by atoms with Gasteiger partial charge in [0.05, 0.1) is 80.7 Å². The summed E-state index contributed by atoms with van der Waals surface area (Å²) in [6.07, 6.45) is -5.10. The summed E-state index contributed by atoms with van der Waals surface area (Å²) in [6.45, 7) is 8.96. The number of primary amides is 1. The number of methoxy groups -OCH3 is 1. The number of nitrogens with one attached hydrogen (secondary N) is 4. The molecule has 3 aliphatic heterocycles. The molecule has 11 rings (SSSR count). The van der Waals surface area contributed by atoms with Gasteiger partial charge in [0.15, 0.2) is 5.82 Å². The highest BCUT2D eigenvalue weighted by Crippen LogP contribution is 2.50. The van der Waals surface area contributed by atoms with E-state index >= 15 is 0 Å². The summed E-state index contributed by atoms with van der Waals surface area (Å²) in [7, 11) is 3.67. The van der Waals surface area contributed by atoms with Crippen LogP contribution in [0.3, 0.4) is 0 Å². The maximum atomic E-state index is 14.6. The molecule has 0 unspecified atom stereocenters. The van der Waals surface area contributed by atoms with Crippen molar-refractivity contribution in [2.75, 3.05) is 85.1 Å². The standard InChI is InChI=1S/C82H92ClFN12O19S/c1-46(2)69(93-63(97)29-38-111-39-35-95-64(98)26-27-65(95)99)77(104)92-57(13-10-30-87-82(85)109)76(103)91-53-22-18-51(49(41-53)19-24-61-70(100)71(101)72(102)73(114-61)81(107)108)43-96(4)36-32-94(33-37-96)34-40-112-60-25-23-55(47(3)68(60)83)66-67-78(88-45-89-79(67)116-74(66)48-16-20-52(84)21-17-48)115-62(80(105)106)42-50-11-6-8-14-58(50)113-44-54-28-31-86-75(90-54)56-12-7-9-15-59(56)110-5/h6-9,11-12,14-18,20-23,25-28,31,41,45-46,57,61-62,69-73,100-102H,10,13,19,24,29-30,32-40,42-44H2,1-5H3,(H7-,85,87,91,92,93,97,103,104,105,106,107,108,109)/t57-,61-,62+,69-,70-,71+,72-,73-/m0/s1. The van der Waals surface area contributed by atoms with Gasteiger partial charge in [-0.05, 0) is 121 Å². The fourth-order valence-electron chi connectivity index (χ4n) is 14.0. The highest BCUT2D eigenvalue weighted by atomic mass is 35.5. The zero-order chi connectivity index (χ0) is 82.9. The molecule has 10 N–H and O–H groups in total. The third-order valence-corrected chi connectivity index (χ3v) is 22.1. The number of aromatic nitrogens is 4. The van der Waals surface area contributed by atoms with E-state index in [0.717, 1.165) is 22.6 Å². The third-order valence-electron chi connectivity index (χ3n) is 20.5. The zero-order valence-corrected chi connectivity index (χ0v) is 66.0. The SMILES string of the molecule is COc1ccccc1-c1nccc(COc2ccccc2C[C@@H](Oc2ncnc3sc(-c4ccc(F)cc4)c(-c4ccc(OCCN5CC[N+](C)(Cc6ccc(NC(=O)[C@H](CCCNC(N)=O)NC(=O)[C@@H](NC(=O)CCOCCN7C(=O)C=CC7=O)C(C)C)cc6CC[C@@H]6O[C@H](C(=O)[O-])[C@@H](O)[C@H](O)[C@H]6O)CC5)c(Cl)c4C)c23)C(=O)O)n1. The number of amides is 7. The molecule has 5 aromatic carbocycles. The number of aliphatic hydroxyl groups excluding tert-OH is 3. The Morgan fingerprint density at radius 3 is 2.26 bits per heavy atom. The Kier molecular flexibility index (Phi) is 29.2. The second-order valence-electron chi connectivity index (χ2n) is 29.0. The van der Waals surface area contributed by atoms with Crippen LogP contribution in [-0.2, 0) is 69.0 Å². The molecule has 614 valence electrons. The Hall–Kier alpha value is -11.1. The molecule has 0 radical (unpaired) electrons. The van der Waals surface area contributed by atoms with E-state index < -0.39 is 108 Å². The third kappa shape index (κ3) is 21.7. The number of aliphatic carboxylic acids is 2. The molecule has 34 heteroatoms. The summed E-state index contributed by atoms with van der Waals surface area (Å²) in [6, 6.07) is 27.8. The van der Waals surface area contributed by atoms with Crippen molar-refractivity contribution >= 4 is 86.3 Å². The van der Waals surface area contributed by atoms with Gasteiger partial charge < -0.3 is 90.2 Å². The molecule has 31 nitrogen and oxygen atoms in total. The van der Waals surface area contributed by atoms with E-state index in [9.17, 15) is 68.3 Å². The van der Waals surface area contributed by atoms with E-state index in [1.54, 1.807) is 87.8 Å². The Balaban J connectivity index is 0.758. The lowest BCUT2D eigenvalue weighted by atomic mass is 9.90. The van der Waals surface area contributed by atoms with E-state index in [1.807, 2.05) is 43.3 Å². The number of rotatable bonds is 38. The molecule has 0 bridgehead atoms. The van der Waals surface area contributed by atoms with Crippen LogP contribution in [0.2, 0.25) is 5.02 Å². The van der Waals surface area contributed by atoms with Crippen LogP contribution in [0.15, 0.2) is 134 Å². The van der Waals surface area contributed by atoms with Crippen LogP contribution in [0.1, 0.15) is 67.5 Å². The number of para-hydroxylation sites is 2. The summed E-state index contributed by atoms with van der Waals surface area (Å²) in [5.41, 5.74) is 11.3. The zero-order valence-electron chi connectivity index (χ0n) is 64.4. The molecule has 7 amide bonds. The number of piperazine rings is 1. The number of hydrogen-bond donors (Lipinski definition) is 9. The van der Waals surface area contributed by atoms with E-state index in [4.69, 9.17) is 50.7 Å². The predicted molar refractivity (Wildman–Crippen MR) is 422 cm³/mol. The molecule has 0 saturated carbocycles. The number of nitrogens with two attached hydrogens (primary N) is 1. The second kappa shape index (κ2) is 39.5. The number of aliphatic hydroxyl groups is 3. The summed E-state index contributed by atoms with van der Waals surface area (Å²) in [4.78, 5) is 125. The van der Waals surface area contributed by atoms with Crippen LogP contribution in [0.4, 0.5) is 14.9 Å². The molecule has 3 aromatic heterocycles. The minimum atomic E-state index is -1.97. The molecule has 116 heavy (non-hydrogen) atoms. The highest BCUT2D eigenvalue weighted by Gasteiger charge is 2.44.